The highest BCUT2D eigenvalue weighted by atomic mass is 16.1. The van der Waals surface area contributed by atoms with E-state index in [0.717, 1.165) is 47.5 Å². The summed E-state index contributed by atoms with van der Waals surface area (Å²) in [6, 6.07) is 14.0. The number of rotatable bonds is 4. The van der Waals surface area contributed by atoms with Crippen LogP contribution in [0.4, 0.5) is 0 Å². The molecule has 0 atom stereocenters. The second-order valence-electron chi connectivity index (χ2n) is 5.92. The van der Waals surface area contributed by atoms with E-state index in [4.69, 9.17) is 0 Å². The van der Waals surface area contributed by atoms with E-state index >= 15 is 0 Å². The first-order valence-corrected chi connectivity index (χ1v) is 7.73. The minimum absolute atomic E-state index is 0.137. The van der Waals surface area contributed by atoms with Gasteiger partial charge in [-0.05, 0) is 30.5 Å². The zero-order valence-corrected chi connectivity index (χ0v) is 13.2. The van der Waals surface area contributed by atoms with E-state index in [1.165, 1.54) is 0 Å². The SMILES string of the molecule is Cc1cccc(C)c1C(=O)c1ccccc1CN1CC=CC1. The third-order valence-electron chi connectivity index (χ3n) is 4.26. The summed E-state index contributed by atoms with van der Waals surface area (Å²) in [5.41, 5.74) is 4.87. The summed E-state index contributed by atoms with van der Waals surface area (Å²) in [5.74, 6) is 0.137. The molecule has 1 aliphatic heterocycles. The van der Waals surface area contributed by atoms with Crippen LogP contribution in [-0.2, 0) is 6.54 Å². The molecule has 2 nitrogen and oxygen atoms in total. The first-order chi connectivity index (χ1) is 10.7. The van der Waals surface area contributed by atoms with Crippen molar-refractivity contribution in [3.63, 3.8) is 0 Å². The van der Waals surface area contributed by atoms with Crippen LogP contribution in [0.1, 0.15) is 32.6 Å². The lowest BCUT2D eigenvalue weighted by atomic mass is 9.92. The van der Waals surface area contributed by atoms with Crippen LogP contribution >= 0.6 is 0 Å². The number of nitrogens with zero attached hydrogens (tertiary/aromatic N) is 1. The summed E-state index contributed by atoms with van der Waals surface area (Å²) >= 11 is 0. The van der Waals surface area contributed by atoms with Crippen molar-refractivity contribution in [2.75, 3.05) is 13.1 Å². The molecular weight excluding hydrogens is 270 g/mol. The van der Waals surface area contributed by atoms with Crippen molar-refractivity contribution in [2.24, 2.45) is 0 Å². The van der Waals surface area contributed by atoms with Gasteiger partial charge in [0.15, 0.2) is 5.78 Å². The Bertz CT molecular complexity index is 702. The number of benzene rings is 2. The number of carbonyl (C=O) groups excluding carboxylic acids is 1. The Morgan fingerprint density at radius 2 is 1.59 bits per heavy atom. The Labute approximate surface area is 132 Å². The van der Waals surface area contributed by atoms with Crippen LogP contribution in [0.2, 0.25) is 0 Å². The first kappa shape index (κ1) is 14.7. The zero-order valence-electron chi connectivity index (χ0n) is 13.2. The summed E-state index contributed by atoms with van der Waals surface area (Å²) in [4.78, 5) is 15.4. The Morgan fingerprint density at radius 1 is 0.955 bits per heavy atom. The monoisotopic (exact) mass is 291 g/mol. The van der Waals surface area contributed by atoms with Gasteiger partial charge in [0.1, 0.15) is 0 Å². The summed E-state index contributed by atoms with van der Waals surface area (Å²) in [6.45, 7) is 6.76. The van der Waals surface area contributed by atoms with Crippen LogP contribution in [-0.4, -0.2) is 23.8 Å². The van der Waals surface area contributed by atoms with Gasteiger partial charge in [-0.3, -0.25) is 9.69 Å². The molecule has 112 valence electrons. The Morgan fingerprint density at radius 3 is 2.27 bits per heavy atom. The van der Waals surface area contributed by atoms with E-state index < -0.39 is 0 Å². The van der Waals surface area contributed by atoms with Crippen LogP contribution < -0.4 is 0 Å². The number of aryl methyl sites for hydroxylation is 2. The van der Waals surface area contributed by atoms with Crippen LogP contribution in [0.3, 0.4) is 0 Å². The van der Waals surface area contributed by atoms with Gasteiger partial charge in [-0.1, -0.05) is 54.6 Å². The normalized spacial score (nSPS) is 14.5. The molecule has 0 unspecified atom stereocenters. The molecule has 0 amide bonds. The summed E-state index contributed by atoms with van der Waals surface area (Å²) < 4.78 is 0. The highest BCUT2D eigenvalue weighted by Gasteiger charge is 2.18. The molecule has 3 rings (SSSR count). The molecule has 2 aromatic carbocycles. The van der Waals surface area contributed by atoms with Crippen molar-refractivity contribution in [3.8, 4) is 0 Å². The van der Waals surface area contributed by atoms with Crippen LogP contribution in [0.25, 0.3) is 0 Å². The van der Waals surface area contributed by atoms with Crippen LogP contribution in [0.5, 0.6) is 0 Å². The van der Waals surface area contributed by atoms with Crippen molar-refractivity contribution in [2.45, 2.75) is 20.4 Å². The molecule has 0 N–H and O–H groups in total. The Hall–Kier alpha value is -2.19. The van der Waals surface area contributed by atoms with Gasteiger partial charge in [0.05, 0.1) is 0 Å². The van der Waals surface area contributed by atoms with Gasteiger partial charge in [-0.2, -0.15) is 0 Å². The van der Waals surface area contributed by atoms with Crippen molar-refractivity contribution in [3.05, 3.63) is 82.4 Å². The fourth-order valence-electron chi connectivity index (χ4n) is 3.08. The van der Waals surface area contributed by atoms with Gasteiger partial charge >= 0.3 is 0 Å². The predicted octanol–water partition coefficient (Wildman–Crippen LogP) is 3.91. The Kier molecular flexibility index (Phi) is 4.21. The van der Waals surface area contributed by atoms with Crippen molar-refractivity contribution < 1.29 is 4.79 Å². The first-order valence-electron chi connectivity index (χ1n) is 7.73. The van der Waals surface area contributed by atoms with E-state index in [1.54, 1.807) is 0 Å². The molecule has 1 aliphatic rings. The number of hydrogen-bond donors (Lipinski definition) is 0. The van der Waals surface area contributed by atoms with Gasteiger partial charge < -0.3 is 0 Å². The van der Waals surface area contributed by atoms with E-state index in [1.807, 2.05) is 50.2 Å². The quantitative estimate of drug-likeness (QED) is 0.629. The number of ketones is 1. The van der Waals surface area contributed by atoms with Crippen LogP contribution in [0, 0.1) is 13.8 Å². The maximum atomic E-state index is 13.0. The minimum Gasteiger partial charge on any atom is -0.292 e. The third kappa shape index (κ3) is 2.88. The molecule has 0 saturated heterocycles. The summed E-state index contributed by atoms with van der Waals surface area (Å²) in [5, 5.41) is 0. The lowest BCUT2D eigenvalue weighted by Crippen LogP contribution is -2.21. The van der Waals surface area contributed by atoms with Gasteiger partial charge in [-0.15, -0.1) is 0 Å². The summed E-state index contributed by atoms with van der Waals surface area (Å²) in [6.07, 6.45) is 4.35. The summed E-state index contributed by atoms with van der Waals surface area (Å²) in [7, 11) is 0. The van der Waals surface area contributed by atoms with Gasteiger partial charge in [0, 0.05) is 30.8 Å². The molecule has 0 aliphatic carbocycles. The average molecular weight is 291 g/mol. The molecule has 2 aromatic rings. The topological polar surface area (TPSA) is 20.3 Å². The maximum Gasteiger partial charge on any atom is 0.193 e. The maximum absolute atomic E-state index is 13.0. The van der Waals surface area contributed by atoms with Crippen molar-refractivity contribution >= 4 is 5.78 Å². The number of hydrogen-bond acceptors (Lipinski definition) is 2. The third-order valence-corrected chi connectivity index (χ3v) is 4.26. The second kappa shape index (κ2) is 6.29. The van der Waals surface area contributed by atoms with E-state index in [2.05, 4.69) is 23.1 Å². The van der Waals surface area contributed by atoms with Gasteiger partial charge in [0.25, 0.3) is 0 Å². The molecule has 1 heterocycles. The molecule has 0 aromatic heterocycles. The smallest absolute Gasteiger partial charge is 0.193 e. The Balaban J connectivity index is 1.95. The molecular formula is C20H21NO. The molecule has 2 heteroatoms. The average Bonchev–Trinajstić information content (AvgIpc) is 3.00. The molecule has 0 saturated carbocycles. The highest BCUT2D eigenvalue weighted by molar-refractivity contribution is 6.11. The minimum atomic E-state index is 0.137. The second-order valence-corrected chi connectivity index (χ2v) is 5.92. The fraction of sp³-hybridized carbons (Fsp3) is 0.250. The van der Waals surface area contributed by atoms with E-state index in [-0.39, 0.29) is 5.78 Å². The van der Waals surface area contributed by atoms with Crippen molar-refractivity contribution in [1.82, 2.24) is 4.90 Å². The standard InChI is InChI=1S/C20H21NO/c1-15-8-7-9-16(2)19(15)20(22)18-11-4-3-10-17(18)14-21-12-5-6-13-21/h3-11H,12-14H2,1-2H3. The molecule has 0 radical (unpaired) electrons. The molecule has 0 spiro atoms. The molecule has 0 fully saturated rings. The lowest BCUT2D eigenvalue weighted by molar-refractivity contribution is 0.103. The molecule has 0 bridgehead atoms. The van der Waals surface area contributed by atoms with Gasteiger partial charge in [-0.25, -0.2) is 0 Å². The van der Waals surface area contributed by atoms with Crippen molar-refractivity contribution in [1.29, 1.82) is 0 Å². The number of carbonyl (C=O) groups is 1. The van der Waals surface area contributed by atoms with Crippen LogP contribution in [0.15, 0.2) is 54.6 Å². The zero-order chi connectivity index (χ0) is 15.5. The lowest BCUT2D eigenvalue weighted by Gasteiger charge is -2.18. The largest absolute Gasteiger partial charge is 0.292 e. The fourth-order valence-corrected chi connectivity index (χ4v) is 3.08. The predicted molar refractivity (Wildman–Crippen MR) is 90.2 cm³/mol. The highest BCUT2D eigenvalue weighted by Crippen LogP contribution is 2.22. The molecule has 22 heavy (non-hydrogen) atoms. The van der Waals surface area contributed by atoms with E-state index in [0.29, 0.717) is 0 Å². The van der Waals surface area contributed by atoms with E-state index in [9.17, 15) is 4.79 Å². The van der Waals surface area contributed by atoms with Gasteiger partial charge in [0.2, 0.25) is 0 Å².